The minimum atomic E-state index is 0.242. The molecule has 0 saturated heterocycles. The van der Waals surface area contributed by atoms with Crippen molar-refractivity contribution in [2.24, 2.45) is 0 Å². The van der Waals surface area contributed by atoms with Crippen LogP contribution in [0.5, 0.6) is 5.75 Å². The van der Waals surface area contributed by atoms with Crippen molar-refractivity contribution in [1.29, 1.82) is 0 Å². The van der Waals surface area contributed by atoms with Gasteiger partial charge in [-0.15, -0.1) is 0 Å². The Morgan fingerprint density at radius 2 is 1.89 bits per heavy atom. The van der Waals surface area contributed by atoms with Crippen molar-refractivity contribution in [2.75, 3.05) is 7.11 Å². The molecule has 0 aromatic heterocycles. The molecule has 0 radical (unpaired) electrons. The third-order valence-electron chi connectivity index (χ3n) is 2.84. The highest BCUT2D eigenvalue weighted by Gasteiger charge is 2.13. The summed E-state index contributed by atoms with van der Waals surface area (Å²) in [5, 5.41) is 0. The first-order valence-corrected chi connectivity index (χ1v) is 8.32. The maximum atomic E-state index is 5.28. The Bertz CT molecular complexity index is 569. The minimum absolute atomic E-state index is 0.242. The number of hydrogen-bond acceptors (Lipinski definition) is 1. The van der Waals surface area contributed by atoms with Crippen molar-refractivity contribution in [3.63, 3.8) is 0 Å². The molecular weight excluding hydrogens is 436 g/mol. The van der Waals surface area contributed by atoms with E-state index in [-0.39, 0.29) is 4.83 Å². The van der Waals surface area contributed by atoms with Crippen LogP contribution in [0.15, 0.2) is 51.4 Å². The van der Waals surface area contributed by atoms with Crippen LogP contribution in [-0.4, -0.2) is 7.11 Å². The highest BCUT2D eigenvalue weighted by Crippen LogP contribution is 2.35. The van der Waals surface area contributed by atoms with Crippen LogP contribution in [-0.2, 0) is 6.42 Å². The Hall–Kier alpha value is -0.320. The molecule has 0 amide bonds. The SMILES string of the molecule is COc1ccc(Br)c(C(Br)Cc2cccc(Br)c2)c1. The van der Waals surface area contributed by atoms with E-state index in [2.05, 4.69) is 72.1 Å². The molecule has 0 aliphatic carbocycles. The van der Waals surface area contributed by atoms with Gasteiger partial charge in [0.05, 0.1) is 7.11 Å². The predicted octanol–water partition coefficient (Wildman–Crippen LogP) is 5.90. The van der Waals surface area contributed by atoms with Gasteiger partial charge in [0.25, 0.3) is 0 Å². The van der Waals surface area contributed by atoms with E-state index in [4.69, 9.17) is 4.74 Å². The van der Waals surface area contributed by atoms with Crippen LogP contribution in [0.25, 0.3) is 0 Å². The highest BCUT2D eigenvalue weighted by molar-refractivity contribution is 9.11. The molecule has 2 rings (SSSR count). The second kappa shape index (κ2) is 6.91. The zero-order valence-electron chi connectivity index (χ0n) is 10.4. The van der Waals surface area contributed by atoms with Gasteiger partial charge in [0.15, 0.2) is 0 Å². The van der Waals surface area contributed by atoms with Gasteiger partial charge in [0.1, 0.15) is 5.75 Å². The zero-order chi connectivity index (χ0) is 13.8. The van der Waals surface area contributed by atoms with Gasteiger partial charge in [-0.1, -0.05) is 59.9 Å². The van der Waals surface area contributed by atoms with E-state index in [1.165, 1.54) is 11.1 Å². The van der Waals surface area contributed by atoms with E-state index in [1.54, 1.807) is 7.11 Å². The maximum Gasteiger partial charge on any atom is 0.119 e. The largest absolute Gasteiger partial charge is 0.497 e. The van der Waals surface area contributed by atoms with E-state index < -0.39 is 0 Å². The van der Waals surface area contributed by atoms with Gasteiger partial charge in [-0.3, -0.25) is 0 Å². The molecule has 0 saturated carbocycles. The number of methoxy groups -OCH3 is 1. The average molecular weight is 449 g/mol. The topological polar surface area (TPSA) is 9.23 Å². The molecule has 2 aromatic rings. The Morgan fingerprint density at radius 3 is 2.58 bits per heavy atom. The van der Waals surface area contributed by atoms with E-state index in [0.29, 0.717) is 0 Å². The molecule has 0 spiro atoms. The molecule has 0 aliphatic rings. The van der Waals surface area contributed by atoms with Gasteiger partial charge in [-0.25, -0.2) is 0 Å². The van der Waals surface area contributed by atoms with Crippen LogP contribution >= 0.6 is 47.8 Å². The van der Waals surface area contributed by atoms with Gasteiger partial charge >= 0.3 is 0 Å². The lowest BCUT2D eigenvalue weighted by molar-refractivity contribution is 0.414. The number of rotatable bonds is 4. The molecule has 19 heavy (non-hydrogen) atoms. The Morgan fingerprint density at radius 1 is 1.11 bits per heavy atom. The lowest BCUT2D eigenvalue weighted by atomic mass is 10.0. The molecule has 0 bridgehead atoms. The van der Waals surface area contributed by atoms with E-state index in [0.717, 1.165) is 21.1 Å². The molecular formula is C15H13Br3O. The third-order valence-corrected chi connectivity index (χ3v) is 4.88. The van der Waals surface area contributed by atoms with Crippen LogP contribution in [0.2, 0.25) is 0 Å². The average Bonchev–Trinajstić information content (AvgIpc) is 2.39. The van der Waals surface area contributed by atoms with Gasteiger partial charge in [-0.2, -0.15) is 0 Å². The van der Waals surface area contributed by atoms with Gasteiger partial charge in [0, 0.05) is 13.8 Å². The van der Waals surface area contributed by atoms with Crippen molar-refractivity contribution >= 4 is 47.8 Å². The quantitative estimate of drug-likeness (QED) is 0.529. The summed E-state index contributed by atoms with van der Waals surface area (Å²) in [5.41, 5.74) is 2.48. The van der Waals surface area contributed by atoms with Crippen molar-refractivity contribution in [3.8, 4) is 5.75 Å². The molecule has 0 aliphatic heterocycles. The summed E-state index contributed by atoms with van der Waals surface area (Å²) in [7, 11) is 1.69. The minimum Gasteiger partial charge on any atom is -0.497 e. The first-order valence-electron chi connectivity index (χ1n) is 5.82. The summed E-state index contributed by atoms with van der Waals surface area (Å²) < 4.78 is 7.47. The standard InChI is InChI=1S/C15H13Br3O/c1-19-12-5-6-14(17)13(9-12)15(18)8-10-3-2-4-11(16)7-10/h2-7,9,15H,8H2,1H3. The Kier molecular flexibility index (Phi) is 5.48. The number of halogens is 3. The smallest absolute Gasteiger partial charge is 0.119 e. The molecule has 1 nitrogen and oxygen atoms in total. The third kappa shape index (κ3) is 4.07. The molecule has 4 heteroatoms. The van der Waals surface area contributed by atoms with E-state index in [9.17, 15) is 0 Å². The first-order chi connectivity index (χ1) is 9.10. The lowest BCUT2D eigenvalue weighted by Gasteiger charge is -2.14. The summed E-state index contributed by atoms with van der Waals surface area (Å²) in [6.45, 7) is 0. The molecule has 2 aromatic carbocycles. The predicted molar refractivity (Wildman–Crippen MR) is 90.2 cm³/mol. The lowest BCUT2D eigenvalue weighted by Crippen LogP contribution is -1.97. The molecule has 1 unspecified atom stereocenters. The fourth-order valence-corrected chi connectivity index (χ4v) is 3.90. The van der Waals surface area contributed by atoms with E-state index >= 15 is 0 Å². The Labute approximate surface area is 138 Å². The number of ether oxygens (including phenoxy) is 1. The number of alkyl halides is 1. The monoisotopic (exact) mass is 446 g/mol. The summed E-state index contributed by atoms with van der Waals surface area (Å²) >= 11 is 10.9. The van der Waals surface area contributed by atoms with Crippen LogP contribution in [0, 0.1) is 0 Å². The summed E-state index contributed by atoms with van der Waals surface area (Å²) in [4.78, 5) is 0.242. The molecule has 1 atom stereocenters. The van der Waals surface area contributed by atoms with Crippen LogP contribution in [0.4, 0.5) is 0 Å². The Balaban J connectivity index is 2.22. The fraction of sp³-hybridized carbons (Fsp3) is 0.200. The van der Waals surface area contributed by atoms with Gasteiger partial charge < -0.3 is 4.74 Å². The zero-order valence-corrected chi connectivity index (χ0v) is 15.1. The molecule has 0 N–H and O–H groups in total. The van der Waals surface area contributed by atoms with Crippen molar-refractivity contribution in [3.05, 3.63) is 62.5 Å². The van der Waals surface area contributed by atoms with Crippen LogP contribution < -0.4 is 4.74 Å². The highest BCUT2D eigenvalue weighted by atomic mass is 79.9. The number of hydrogen-bond donors (Lipinski definition) is 0. The second-order valence-electron chi connectivity index (χ2n) is 4.19. The normalized spacial score (nSPS) is 12.2. The van der Waals surface area contributed by atoms with Gasteiger partial charge in [0.2, 0.25) is 0 Å². The second-order valence-corrected chi connectivity index (χ2v) is 7.06. The molecule has 0 fully saturated rings. The van der Waals surface area contributed by atoms with Gasteiger partial charge in [-0.05, 0) is 47.9 Å². The van der Waals surface area contributed by atoms with Crippen molar-refractivity contribution < 1.29 is 4.74 Å². The van der Waals surface area contributed by atoms with E-state index in [1.807, 2.05) is 18.2 Å². The van der Waals surface area contributed by atoms with Crippen molar-refractivity contribution in [1.82, 2.24) is 0 Å². The summed E-state index contributed by atoms with van der Waals surface area (Å²) in [5.74, 6) is 0.872. The molecule has 0 heterocycles. The fourth-order valence-electron chi connectivity index (χ4n) is 1.87. The summed E-state index contributed by atoms with van der Waals surface area (Å²) in [6.07, 6.45) is 0.922. The summed E-state index contributed by atoms with van der Waals surface area (Å²) in [6, 6.07) is 14.4. The van der Waals surface area contributed by atoms with Crippen molar-refractivity contribution in [2.45, 2.75) is 11.2 Å². The maximum absolute atomic E-state index is 5.28. The first kappa shape index (κ1) is 15.1. The van der Waals surface area contributed by atoms with Crippen LogP contribution in [0.1, 0.15) is 16.0 Å². The van der Waals surface area contributed by atoms with Crippen LogP contribution in [0.3, 0.4) is 0 Å². The molecule has 100 valence electrons. The number of benzene rings is 2.